The molecule has 1 fully saturated rings. The van der Waals surface area contributed by atoms with E-state index in [0.717, 1.165) is 37.0 Å². The highest BCUT2D eigenvalue weighted by Crippen LogP contribution is 2.23. The summed E-state index contributed by atoms with van der Waals surface area (Å²) in [7, 11) is 0. The van der Waals surface area contributed by atoms with Crippen LogP contribution in [0.1, 0.15) is 45.6 Å². The summed E-state index contributed by atoms with van der Waals surface area (Å²) in [5, 5.41) is 3.66. The molecular weight excluding hydrogens is 336 g/mol. The third kappa shape index (κ3) is 8.10. The molecule has 140 valence electrons. The Balaban J connectivity index is 1.59. The Kier molecular flexibility index (Phi) is 7.57. The molecule has 1 aliphatic rings. The number of ether oxygens (including phenoxy) is 1. The van der Waals surface area contributed by atoms with Gasteiger partial charge in [0.25, 0.3) is 0 Å². The van der Waals surface area contributed by atoms with Crippen LogP contribution in [0.5, 0.6) is 0 Å². The van der Waals surface area contributed by atoms with Gasteiger partial charge in [0.2, 0.25) is 0 Å². The first-order valence-electron chi connectivity index (χ1n) is 9.25. The van der Waals surface area contributed by atoms with Crippen LogP contribution in [0.2, 0.25) is 5.02 Å². The molecule has 1 N–H and O–H groups in total. The molecule has 1 aliphatic heterocycles. The molecule has 1 aromatic rings. The zero-order chi connectivity index (χ0) is 18.3. The van der Waals surface area contributed by atoms with Crippen LogP contribution in [0, 0.1) is 5.92 Å². The largest absolute Gasteiger partial charge is 0.444 e. The molecule has 0 atom stereocenters. The summed E-state index contributed by atoms with van der Waals surface area (Å²) in [6.45, 7) is 9.37. The Hall–Kier alpha value is -1.26. The summed E-state index contributed by atoms with van der Waals surface area (Å²) in [4.78, 5) is 14.1. The second-order valence-electron chi connectivity index (χ2n) is 7.88. The lowest BCUT2D eigenvalue weighted by Gasteiger charge is -2.32. The van der Waals surface area contributed by atoms with Gasteiger partial charge >= 0.3 is 6.09 Å². The van der Waals surface area contributed by atoms with Gasteiger partial charge < -0.3 is 15.0 Å². The van der Waals surface area contributed by atoms with E-state index >= 15 is 0 Å². The highest BCUT2D eigenvalue weighted by molar-refractivity contribution is 6.30. The number of rotatable bonds is 6. The second kappa shape index (κ2) is 9.44. The average Bonchev–Trinajstić information content (AvgIpc) is 2.52. The maximum absolute atomic E-state index is 11.6. The highest BCUT2D eigenvalue weighted by atomic mass is 35.5. The normalized spacial score (nSPS) is 16.6. The number of benzene rings is 1. The maximum Gasteiger partial charge on any atom is 0.407 e. The molecular formula is C20H31ClN2O2. The van der Waals surface area contributed by atoms with Crippen molar-refractivity contribution in [2.45, 2.75) is 52.1 Å². The molecule has 0 radical (unpaired) electrons. The van der Waals surface area contributed by atoms with E-state index in [1.54, 1.807) is 0 Å². The van der Waals surface area contributed by atoms with Crippen molar-refractivity contribution in [1.82, 2.24) is 10.2 Å². The molecule has 0 aliphatic carbocycles. The predicted molar refractivity (Wildman–Crippen MR) is 103 cm³/mol. The van der Waals surface area contributed by atoms with E-state index in [2.05, 4.69) is 22.3 Å². The number of nitrogens with one attached hydrogen (secondary N) is 1. The van der Waals surface area contributed by atoms with E-state index in [1.807, 2.05) is 32.9 Å². The van der Waals surface area contributed by atoms with Gasteiger partial charge in [0.15, 0.2) is 0 Å². The predicted octanol–water partition coefficient (Wildman–Crippen LogP) is 4.51. The summed E-state index contributed by atoms with van der Waals surface area (Å²) in [6, 6.07) is 8.18. The third-order valence-corrected chi connectivity index (χ3v) is 4.77. The van der Waals surface area contributed by atoms with Gasteiger partial charge in [-0.25, -0.2) is 4.79 Å². The number of piperidine rings is 1. The van der Waals surface area contributed by atoms with Crippen molar-refractivity contribution in [2.24, 2.45) is 5.92 Å². The van der Waals surface area contributed by atoms with Crippen molar-refractivity contribution in [3.05, 3.63) is 34.9 Å². The van der Waals surface area contributed by atoms with Crippen molar-refractivity contribution >= 4 is 17.7 Å². The molecule has 1 aromatic carbocycles. The van der Waals surface area contributed by atoms with Gasteiger partial charge in [0.1, 0.15) is 5.60 Å². The number of hydrogen-bond acceptors (Lipinski definition) is 3. The quantitative estimate of drug-likeness (QED) is 0.805. The van der Waals surface area contributed by atoms with Crippen LogP contribution in [0.25, 0.3) is 0 Å². The molecule has 0 bridgehead atoms. The maximum atomic E-state index is 11.6. The number of halogens is 1. The number of hydrogen-bond donors (Lipinski definition) is 1. The summed E-state index contributed by atoms with van der Waals surface area (Å²) < 4.78 is 5.25. The molecule has 1 amide bonds. The Morgan fingerprint density at radius 1 is 1.32 bits per heavy atom. The van der Waals surface area contributed by atoms with Crippen LogP contribution in [0.3, 0.4) is 0 Å². The number of alkyl carbamates (subject to hydrolysis) is 1. The topological polar surface area (TPSA) is 41.6 Å². The number of nitrogens with zero attached hydrogens (tertiary/aromatic N) is 1. The second-order valence-corrected chi connectivity index (χ2v) is 8.32. The highest BCUT2D eigenvalue weighted by Gasteiger charge is 2.20. The Morgan fingerprint density at radius 2 is 2.04 bits per heavy atom. The number of likely N-dealkylation sites (tertiary alicyclic amines) is 1. The first-order valence-corrected chi connectivity index (χ1v) is 9.63. The Morgan fingerprint density at radius 3 is 2.68 bits per heavy atom. The van der Waals surface area contributed by atoms with Crippen LogP contribution in [0.15, 0.2) is 24.3 Å². The lowest BCUT2D eigenvalue weighted by molar-refractivity contribution is 0.0519. The van der Waals surface area contributed by atoms with Gasteiger partial charge in [-0.2, -0.15) is 0 Å². The van der Waals surface area contributed by atoms with E-state index in [1.165, 1.54) is 24.8 Å². The molecule has 0 unspecified atom stereocenters. The Bertz CT molecular complexity index is 549. The summed E-state index contributed by atoms with van der Waals surface area (Å²) in [5.74, 6) is 0.786. The average molecular weight is 367 g/mol. The zero-order valence-corrected chi connectivity index (χ0v) is 16.4. The van der Waals surface area contributed by atoms with Gasteiger partial charge in [-0.15, -0.1) is 0 Å². The molecule has 1 saturated heterocycles. The minimum Gasteiger partial charge on any atom is -0.444 e. The molecule has 0 saturated carbocycles. The fourth-order valence-electron chi connectivity index (χ4n) is 3.19. The smallest absolute Gasteiger partial charge is 0.407 e. The van der Waals surface area contributed by atoms with Crippen molar-refractivity contribution in [2.75, 3.05) is 26.2 Å². The van der Waals surface area contributed by atoms with Gasteiger partial charge in [-0.3, -0.25) is 0 Å². The van der Waals surface area contributed by atoms with Gasteiger partial charge in [0, 0.05) is 18.1 Å². The zero-order valence-electron chi connectivity index (χ0n) is 15.7. The lowest BCUT2D eigenvalue weighted by Crippen LogP contribution is -2.41. The SMILES string of the molecule is CC(C)(C)OC(=O)NCCN1CCC(CCc2cccc(Cl)c2)CC1. The first kappa shape index (κ1) is 20.1. The minimum atomic E-state index is -0.439. The van der Waals surface area contributed by atoms with Crippen LogP contribution in [0.4, 0.5) is 4.79 Å². The van der Waals surface area contributed by atoms with Crippen molar-refractivity contribution in [3.63, 3.8) is 0 Å². The monoisotopic (exact) mass is 366 g/mol. The molecule has 5 heteroatoms. The van der Waals surface area contributed by atoms with Crippen molar-refractivity contribution in [3.8, 4) is 0 Å². The summed E-state index contributed by atoms with van der Waals surface area (Å²) in [5.41, 5.74) is 0.891. The fraction of sp³-hybridized carbons (Fsp3) is 0.650. The summed E-state index contributed by atoms with van der Waals surface area (Å²) >= 11 is 6.05. The van der Waals surface area contributed by atoms with Crippen molar-refractivity contribution in [1.29, 1.82) is 0 Å². The van der Waals surface area contributed by atoms with Crippen LogP contribution in [-0.2, 0) is 11.2 Å². The molecule has 1 heterocycles. The minimum absolute atomic E-state index is 0.330. The van der Waals surface area contributed by atoms with Crippen molar-refractivity contribution < 1.29 is 9.53 Å². The lowest BCUT2D eigenvalue weighted by atomic mass is 9.90. The van der Waals surface area contributed by atoms with E-state index in [9.17, 15) is 4.79 Å². The number of amides is 1. The number of aryl methyl sites for hydroxylation is 1. The van der Waals surface area contributed by atoms with Crippen LogP contribution >= 0.6 is 11.6 Å². The fourth-order valence-corrected chi connectivity index (χ4v) is 3.41. The van der Waals surface area contributed by atoms with Gasteiger partial charge in [-0.05, 0) is 83.2 Å². The summed E-state index contributed by atoms with van der Waals surface area (Å²) in [6.07, 6.45) is 4.46. The molecule has 25 heavy (non-hydrogen) atoms. The Labute approximate surface area is 156 Å². The number of carbonyl (C=O) groups is 1. The third-order valence-electron chi connectivity index (χ3n) is 4.53. The standard InChI is InChI=1S/C20H31ClN2O2/c1-20(2,3)25-19(24)22-11-14-23-12-9-16(10-13-23)7-8-17-5-4-6-18(21)15-17/h4-6,15-16H,7-14H2,1-3H3,(H,22,24). The molecule has 4 nitrogen and oxygen atoms in total. The number of carbonyl (C=O) groups excluding carboxylic acids is 1. The van der Waals surface area contributed by atoms with E-state index < -0.39 is 5.60 Å². The van der Waals surface area contributed by atoms with E-state index in [4.69, 9.17) is 16.3 Å². The van der Waals surface area contributed by atoms with E-state index in [-0.39, 0.29) is 6.09 Å². The van der Waals surface area contributed by atoms with E-state index in [0.29, 0.717) is 6.54 Å². The van der Waals surface area contributed by atoms with Gasteiger partial charge in [0.05, 0.1) is 0 Å². The molecule has 2 rings (SSSR count). The van der Waals surface area contributed by atoms with Crippen LogP contribution in [-0.4, -0.2) is 42.8 Å². The molecule has 0 aromatic heterocycles. The van der Waals surface area contributed by atoms with Gasteiger partial charge in [-0.1, -0.05) is 23.7 Å². The van der Waals surface area contributed by atoms with Crippen LogP contribution < -0.4 is 5.32 Å². The molecule has 0 spiro atoms. The first-order chi connectivity index (χ1) is 11.8.